The number of esters is 1. The average molecular weight is 326 g/mol. The third-order valence-electron chi connectivity index (χ3n) is 3.33. The molecule has 0 aromatic rings. The molecule has 0 atom stereocenters. The van der Waals surface area contributed by atoms with Gasteiger partial charge in [0.05, 0.1) is 6.54 Å². The largest absolute Gasteiger partial charge is 0.460 e. The molecule has 6 nitrogen and oxygen atoms in total. The van der Waals surface area contributed by atoms with Gasteiger partial charge < -0.3 is 19.7 Å². The van der Waals surface area contributed by atoms with Gasteiger partial charge in [-0.25, -0.2) is 9.59 Å². The molecule has 6 heteroatoms. The van der Waals surface area contributed by atoms with Crippen LogP contribution in [0.2, 0.25) is 0 Å². The summed E-state index contributed by atoms with van der Waals surface area (Å²) in [6.07, 6.45) is 5.75. The second-order valence-corrected chi connectivity index (χ2v) is 5.79. The number of urea groups is 1. The van der Waals surface area contributed by atoms with Gasteiger partial charge in [-0.3, -0.25) is 0 Å². The van der Waals surface area contributed by atoms with Crippen LogP contribution in [-0.2, 0) is 14.3 Å². The van der Waals surface area contributed by atoms with Crippen LogP contribution < -0.4 is 5.32 Å². The number of rotatable bonds is 12. The first-order valence-electron chi connectivity index (χ1n) is 8.15. The van der Waals surface area contributed by atoms with Crippen molar-refractivity contribution in [3.63, 3.8) is 0 Å². The van der Waals surface area contributed by atoms with Gasteiger partial charge in [0.25, 0.3) is 0 Å². The zero-order chi connectivity index (χ0) is 17.7. The van der Waals surface area contributed by atoms with Crippen LogP contribution in [0.1, 0.15) is 52.4 Å². The van der Waals surface area contributed by atoms with E-state index >= 15 is 0 Å². The standard InChI is InChI=1S/C17H30N2O4/c1-14(2)16(21)23-13-11-18-17(22)19(4)12-9-7-5-6-8-10-15(3)20/h1,5-13H2,2-4H3,(H,18,22). The molecule has 0 unspecified atom stereocenters. The van der Waals surface area contributed by atoms with Crippen LogP contribution in [0.3, 0.4) is 0 Å². The Morgan fingerprint density at radius 1 is 1.04 bits per heavy atom. The summed E-state index contributed by atoms with van der Waals surface area (Å²) in [5, 5.41) is 2.69. The number of nitrogens with one attached hydrogen (secondary N) is 1. The maximum Gasteiger partial charge on any atom is 0.333 e. The molecule has 2 amide bonds. The van der Waals surface area contributed by atoms with Crippen molar-refractivity contribution in [3.05, 3.63) is 12.2 Å². The summed E-state index contributed by atoms with van der Waals surface area (Å²) in [7, 11) is 1.74. The lowest BCUT2D eigenvalue weighted by Crippen LogP contribution is -2.39. The predicted octanol–water partition coefficient (Wildman–Crippen LogP) is 2.68. The molecule has 0 radical (unpaired) electrons. The third kappa shape index (κ3) is 12.4. The van der Waals surface area contributed by atoms with Gasteiger partial charge in [-0.2, -0.15) is 0 Å². The van der Waals surface area contributed by atoms with E-state index in [-0.39, 0.29) is 25.0 Å². The molecule has 0 fully saturated rings. The molecular weight excluding hydrogens is 296 g/mol. The molecule has 0 spiro atoms. The number of ether oxygens (including phenoxy) is 1. The summed E-state index contributed by atoms with van der Waals surface area (Å²) in [6.45, 7) is 7.79. The molecule has 0 saturated carbocycles. The maximum atomic E-state index is 11.8. The fourth-order valence-electron chi connectivity index (χ4n) is 1.91. The Hall–Kier alpha value is -1.85. The molecule has 0 heterocycles. The number of nitrogens with zero attached hydrogens (tertiary/aromatic N) is 1. The monoisotopic (exact) mass is 326 g/mol. The van der Waals surface area contributed by atoms with Crippen molar-refractivity contribution in [1.82, 2.24) is 10.2 Å². The number of Topliss-reactive ketones (excluding diaryl/α,β-unsaturated/α-hetero) is 1. The highest BCUT2D eigenvalue weighted by Crippen LogP contribution is 2.06. The Bertz CT molecular complexity index is 407. The lowest BCUT2D eigenvalue weighted by atomic mass is 10.1. The summed E-state index contributed by atoms with van der Waals surface area (Å²) in [5.74, 6) is -0.201. The number of hydrogen-bond donors (Lipinski definition) is 1. The number of hydrogen-bond acceptors (Lipinski definition) is 4. The molecule has 0 bridgehead atoms. The van der Waals surface area contributed by atoms with Gasteiger partial charge in [0, 0.05) is 25.6 Å². The second kappa shape index (κ2) is 12.7. The van der Waals surface area contributed by atoms with Crippen LogP contribution in [0, 0.1) is 0 Å². The second-order valence-electron chi connectivity index (χ2n) is 5.79. The first-order chi connectivity index (χ1) is 10.8. The maximum absolute atomic E-state index is 11.8. The van der Waals surface area contributed by atoms with E-state index in [1.54, 1.807) is 25.8 Å². The molecule has 0 rings (SSSR count). The Morgan fingerprint density at radius 2 is 1.65 bits per heavy atom. The Morgan fingerprint density at radius 3 is 2.26 bits per heavy atom. The van der Waals surface area contributed by atoms with Crippen LogP contribution in [-0.4, -0.2) is 49.4 Å². The van der Waals surface area contributed by atoms with Crippen molar-refractivity contribution in [2.75, 3.05) is 26.7 Å². The van der Waals surface area contributed by atoms with Gasteiger partial charge in [0.15, 0.2) is 0 Å². The minimum absolute atomic E-state index is 0.140. The lowest BCUT2D eigenvalue weighted by Gasteiger charge is -2.17. The molecule has 0 saturated heterocycles. The minimum Gasteiger partial charge on any atom is -0.460 e. The average Bonchev–Trinajstić information content (AvgIpc) is 2.49. The zero-order valence-electron chi connectivity index (χ0n) is 14.7. The van der Waals surface area contributed by atoms with E-state index in [0.29, 0.717) is 18.5 Å². The number of amides is 2. The smallest absolute Gasteiger partial charge is 0.333 e. The van der Waals surface area contributed by atoms with Gasteiger partial charge in [-0.1, -0.05) is 25.8 Å². The Balaban J connectivity index is 3.57. The summed E-state index contributed by atoms with van der Waals surface area (Å²) in [4.78, 5) is 35.3. The molecule has 0 aliphatic rings. The summed E-state index contributed by atoms with van der Waals surface area (Å²) in [6, 6.07) is -0.173. The summed E-state index contributed by atoms with van der Waals surface area (Å²) in [5.41, 5.74) is 0.344. The van der Waals surface area contributed by atoms with E-state index in [1.807, 2.05) is 0 Å². The van der Waals surface area contributed by atoms with Crippen molar-refractivity contribution in [3.8, 4) is 0 Å². The number of carbonyl (C=O) groups excluding carboxylic acids is 3. The normalized spacial score (nSPS) is 10.0. The van der Waals surface area contributed by atoms with Crippen molar-refractivity contribution in [1.29, 1.82) is 0 Å². The Labute approximate surface area is 139 Å². The number of ketones is 1. The van der Waals surface area contributed by atoms with Gasteiger partial charge in [-0.05, 0) is 26.7 Å². The van der Waals surface area contributed by atoms with Crippen LogP contribution in [0.5, 0.6) is 0 Å². The van der Waals surface area contributed by atoms with Gasteiger partial charge >= 0.3 is 12.0 Å². The van der Waals surface area contributed by atoms with Crippen LogP contribution in [0.4, 0.5) is 4.79 Å². The Kier molecular flexibility index (Phi) is 11.7. The van der Waals surface area contributed by atoms with E-state index in [0.717, 1.165) is 32.1 Å². The highest BCUT2D eigenvalue weighted by molar-refractivity contribution is 5.86. The molecule has 23 heavy (non-hydrogen) atoms. The van der Waals surface area contributed by atoms with Crippen LogP contribution in [0.25, 0.3) is 0 Å². The molecule has 0 aliphatic carbocycles. The van der Waals surface area contributed by atoms with Crippen molar-refractivity contribution in [2.45, 2.75) is 52.4 Å². The van der Waals surface area contributed by atoms with Crippen molar-refractivity contribution in [2.24, 2.45) is 0 Å². The first kappa shape index (κ1) is 21.1. The van der Waals surface area contributed by atoms with Gasteiger partial charge in [0.2, 0.25) is 0 Å². The fraction of sp³-hybridized carbons (Fsp3) is 0.706. The highest BCUT2D eigenvalue weighted by Gasteiger charge is 2.08. The topological polar surface area (TPSA) is 75.7 Å². The third-order valence-corrected chi connectivity index (χ3v) is 3.33. The molecule has 0 aromatic carbocycles. The van der Waals surface area contributed by atoms with Crippen molar-refractivity contribution < 1.29 is 19.1 Å². The van der Waals surface area contributed by atoms with Gasteiger partial charge in [-0.15, -0.1) is 0 Å². The summed E-state index contributed by atoms with van der Waals surface area (Å²) >= 11 is 0. The van der Waals surface area contributed by atoms with Crippen LogP contribution >= 0.6 is 0 Å². The number of unbranched alkanes of at least 4 members (excludes halogenated alkanes) is 4. The van der Waals surface area contributed by atoms with E-state index in [2.05, 4.69) is 11.9 Å². The van der Waals surface area contributed by atoms with Gasteiger partial charge in [0.1, 0.15) is 12.4 Å². The predicted molar refractivity (Wildman–Crippen MR) is 90.2 cm³/mol. The molecule has 0 aromatic heterocycles. The molecule has 1 N–H and O–H groups in total. The zero-order valence-corrected chi connectivity index (χ0v) is 14.7. The first-order valence-corrected chi connectivity index (χ1v) is 8.15. The van der Waals surface area contributed by atoms with E-state index in [9.17, 15) is 14.4 Å². The van der Waals surface area contributed by atoms with E-state index in [1.165, 1.54) is 0 Å². The SMILES string of the molecule is C=C(C)C(=O)OCCNC(=O)N(C)CCCCCCCC(C)=O. The fourth-order valence-corrected chi connectivity index (χ4v) is 1.91. The summed E-state index contributed by atoms with van der Waals surface area (Å²) < 4.78 is 4.89. The molecular formula is C17H30N2O4. The highest BCUT2D eigenvalue weighted by atomic mass is 16.5. The van der Waals surface area contributed by atoms with E-state index in [4.69, 9.17) is 4.74 Å². The quantitative estimate of drug-likeness (QED) is 0.340. The van der Waals surface area contributed by atoms with Crippen LogP contribution in [0.15, 0.2) is 12.2 Å². The van der Waals surface area contributed by atoms with Crippen molar-refractivity contribution >= 4 is 17.8 Å². The minimum atomic E-state index is -0.447. The van der Waals surface area contributed by atoms with E-state index < -0.39 is 5.97 Å². The lowest BCUT2D eigenvalue weighted by molar-refractivity contribution is -0.138. The molecule has 0 aliphatic heterocycles. The molecule has 132 valence electrons. The number of carbonyl (C=O) groups is 3.